The van der Waals surface area contributed by atoms with Gasteiger partial charge in [0.25, 0.3) is 11.8 Å². The Morgan fingerprint density at radius 2 is 1.50 bits per heavy atom. The molecule has 5 rings (SSSR count). The van der Waals surface area contributed by atoms with Crippen molar-refractivity contribution in [3.05, 3.63) is 107 Å². The number of benzene rings is 3. The van der Waals surface area contributed by atoms with E-state index in [2.05, 4.69) is 10.3 Å². The molecule has 3 amide bonds. The van der Waals surface area contributed by atoms with Crippen molar-refractivity contribution in [2.45, 2.75) is 18.5 Å². The second-order valence-corrected chi connectivity index (χ2v) is 8.49. The van der Waals surface area contributed by atoms with Crippen LogP contribution in [0.1, 0.15) is 37.9 Å². The van der Waals surface area contributed by atoms with Gasteiger partial charge in [-0.1, -0.05) is 60.7 Å². The van der Waals surface area contributed by atoms with Crippen LogP contribution in [0.4, 0.5) is 0 Å². The highest BCUT2D eigenvalue weighted by Crippen LogP contribution is 2.28. The van der Waals surface area contributed by atoms with Crippen LogP contribution in [0.3, 0.4) is 0 Å². The first kappa shape index (κ1) is 23.0. The van der Waals surface area contributed by atoms with Crippen LogP contribution in [0.2, 0.25) is 0 Å². The zero-order valence-corrected chi connectivity index (χ0v) is 19.4. The van der Waals surface area contributed by atoms with Crippen LogP contribution in [0.15, 0.2) is 85.1 Å². The molecular weight excluding hydrogens is 458 g/mol. The van der Waals surface area contributed by atoms with Gasteiger partial charge in [0, 0.05) is 29.1 Å². The fraction of sp³-hybridized carbons (Fsp3) is 0.143. The lowest BCUT2D eigenvalue weighted by molar-refractivity contribution is -0.145. The van der Waals surface area contributed by atoms with E-state index in [1.54, 1.807) is 30.5 Å². The number of carbonyl (C=O) groups excluding carboxylic acids is 4. The predicted molar refractivity (Wildman–Crippen MR) is 132 cm³/mol. The number of methoxy groups -OCH3 is 1. The Kier molecular flexibility index (Phi) is 6.08. The van der Waals surface area contributed by atoms with Crippen molar-refractivity contribution in [1.82, 2.24) is 15.2 Å². The molecule has 2 heterocycles. The zero-order valence-electron chi connectivity index (χ0n) is 19.4. The Balaban J connectivity index is 1.52. The van der Waals surface area contributed by atoms with E-state index in [0.717, 1.165) is 21.4 Å². The molecule has 0 unspecified atom stereocenters. The Morgan fingerprint density at radius 3 is 2.17 bits per heavy atom. The summed E-state index contributed by atoms with van der Waals surface area (Å²) in [7, 11) is 1.24. The molecular formula is C28H23N3O5. The maximum Gasteiger partial charge on any atom is 0.333 e. The van der Waals surface area contributed by atoms with E-state index >= 15 is 0 Å². The molecule has 0 aliphatic carbocycles. The zero-order chi connectivity index (χ0) is 25.2. The summed E-state index contributed by atoms with van der Waals surface area (Å²) >= 11 is 0. The van der Waals surface area contributed by atoms with E-state index < -0.39 is 35.8 Å². The van der Waals surface area contributed by atoms with Crippen molar-refractivity contribution in [3.8, 4) is 0 Å². The third-order valence-electron chi connectivity index (χ3n) is 6.37. The van der Waals surface area contributed by atoms with E-state index in [9.17, 15) is 19.2 Å². The van der Waals surface area contributed by atoms with E-state index in [-0.39, 0.29) is 17.5 Å². The Bertz CT molecular complexity index is 1440. The van der Waals surface area contributed by atoms with E-state index in [4.69, 9.17) is 4.74 Å². The van der Waals surface area contributed by atoms with Gasteiger partial charge in [0.15, 0.2) is 6.04 Å². The average molecular weight is 482 g/mol. The van der Waals surface area contributed by atoms with Gasteiger partial charge in [0.2, 0.25) is 5.91 Å². The average Bonchev–Trinajstić information content (AvgIpc) is 3.45. The van der Waals surface area contributed by atoms with Gasteiger partial charge in [-0.15, -0.1) is 0 Å². The summed E-state index contributed by atoms with van der Waals surface area (Å²) in [6, 6.07) is 20.6. The number of H-pyrrole nitrogens is 1. The highest BCUT2D eigenvalue weighted by molar-refractivity contribution is 6.23. The molecule has 2 atom stereocenters. The van der Waals surface area contributed by atoms with E-state index in [1.807, 2.05) is 54.6 Å². The SMILES string of the molecule is COC(=O)[C@@H](NC(=O)[C@@H](Cc1ccccc1)N1C(=O)c2ccccc2C1=O)c1c[nH]c2ccccc12. The molecule has 3 aromatic carbocycles. The van der Waals surface area contributed by atoms with Crippen LogP contribution < -0.4 is 5.32 Å². The van der Waals surface area contributed by atoms with Crippen LogP contribution in [0.5, 0.6) is 0 Å². The fourth-order valence-corrected chi connectivity index (χ4v) is 4.58. The summed E-state index contributed by atoms with van der Waals surface area (Å²) < 4.78 is 4.99. The van der Waals surface area contributed by atoms with Gasteiger partial charge in [-0.3, -0.25) is 19.3 Å². The highest BCUT2D eigenvalue weighted by Gasteiger charge is 2.43. The number of esters is 1. The van der Waals surface area contributed by atoms with Gasteiger partial charge in [-0.05, 0) is 23.8 Å². The molecule has 0 bridgehead atoms. The number of hydrogen-bond acceptors (Lipinski definition) is 5. The highest BCUT2D eigenvalue weighted by atomic mass is 16.5. The number of rotatable bonds is 7. The fourth-order valence-electron chi connectivity index (χ4n) is 4.58. The molecule has 8 nitrogen and oxygen atoms in total. The minimum atomic E-state index is -1.18. The summed E-state index contributed by atoms with van der Waals surface area (Å²) in [5.41, 5.74) is 2.56. The Labute approximate surface area is 206 Å². The first-order chi connectivity index (χ1) is 17.5. The first-order valence-electron chi connectivity index (χ1n) is 11.4. The molecule has 0 radical (unpaired) electrons. The molecule has 1 aromatic heterocycles. The lowest BCUT2D eigenvalue weighted by atomic mass is 10.0. The van der Waals surface area contributed by atoms with Crippen molar-refractivity contribution in [2.24, 2.45) is 0 Å². The van der Waals surface area contributed by atoms with Crippen molar-refractivity contribution in [2.75, 3.05) is 7.11 Å². The molecule has 4 aromatic rings. The maximum atomic E-state index is 13.8. The van der Waals surface area contributed by atoms with Gasteiger partial charge in [-0.2, -0.15) is 0 Å². The molecule has 1 aliphatic heterocycles. The van der Waals surface area contributed by atoms with E-state index in [0.29, 0.717) is 5.56 Å². The standard InChI is InChI=1S/C28H23N3O5/c1-36-28(35)24(21-16-29-22-14-8-7-11-18(21)22)30-25(32)23(15-17-9-3-2-4-10-17)31-26(33)19-12-5-6-13-20(19)27(31)34/h2-14,16,23-24,29H,15H2,1H3,(H,30,32)/t23-,24+/m1/s1. The number of aromatic amines is 1. The molecule has 36 heavy (non-hydrogen) atoms. The summed E-state index contributed by atoms with van der Waals surface area (Å²) in [5.74, 6) is -2.41. The summed E-state index contributed by atoms with van der Waals surface area (Å²) in [4.78, 5) is 57.1. The van der Waals surface area contributed by atoms with Crippen molar-refractivity contribution in [3.63, 3.8) is 0 Å². The minimum absolute atomic E-state index is 0.0833. The summed E-state index contributed by atoms with van der Waals surface area (Å²) in [6.45, 7) is 0. The molecule has 180 valence electrons. The van der Waals surface area contributed by atoms with Gasteiger partial charge < -0.3 is 15.0 Å². The van der Waals surface area contributed by atoms with Gasteiger partial charge >= 0.3 is 5.97 Å². The van der Waals surface area contributed by atoms with Crippen LogP contribution in [0.25, 0.3) is 10.9 Å². The lowest BCUT2D eigenvalue weighted by Crippen LogP contribution is -2.52. The van der Waals surface area contributed by atoms with Crippen LogP contribution >= 0.6 is 0 Å². The number of nitrogens with one attached hydrogen (secondary N) is 2. The molecule has 8 heteroatoms. The number of para-hydroxylation sites is 1. The van der Waals surface area contributed by atoms with Gasteiger partial charge in [-0.25, -0.2) is 4.79 Å². The number of ether oxygens (including phenoxy) is 1. The Morgan fingerprint density at radius 1 is 0.889 bits per heavy atom. The number of amides is 3. The summed E-state index contributed by atoms with van der Waals surface area (Å²) in [5, 5.41) is 3.49. The van der Waals surface area contributed by atoms with Gasteiger partial charge in [0.1, 0.15) is 6.04 Å². The largest absolute Gasteiger partial charge is 0.467 e. The maximum absolute atomic E-state index is 13.8. The van der Waals surface area contributed by atoms with Crippen molar-refractivity contribution < 1.29 is 23.9 Å². The topological polar surface area (TPSA) is 109 Å². The predicted octanol–water partition coefficient (Wildman–Crippen LogP) is 3.41. The number of hydrogen-bond donors (Lipinski definition) is 2. The number of aromatic nitrogens is 1. The minimum Gasteiger partial charge on any atom is -0.467 e. The van der Waals surface area contributed by atoms with Crippen LogP contribution in [0, 0.1) is 0 Å². The summed E-state index contributed by atoms with van der Waals surface area (Å²) in [6.07, 6.45) is 1.72. The number of carbonyl (C=O) groups is 4. The third kappa shape index (κ3) is 4.02. The molecule has 0 saturated carbocycles. The van der Waals surface area contributed by atoms with Crippen molar-refractivity contribution >= 4 is 34.6 Å². The molecule has 0 spiro atoms. The number of nitrogens with zero attached hydrogens (tertiary/aromatic N) is 1. The monoisotopic (exact) mass is 481 g/mol. The lowest BCUT2D eigenvalue weighted by Gasteiger charge is -2.27. The number of fused-ring (bicyclic) bond motifs is 2. The smallest absolute Gasteiger partial charge is 0.333 e. The third-order valence-corrected chi connectivity index (χ3v) is 6.37. The van der Waals surface area contributed by atoms with Gasteiger partial charge in [0.05, 0.1) is 18.2 Å². The number of imide groups is 1. The van der Waals surface area contributed by atoms with Crippen LogP contribution in [-0.4, -0.2) is 46.7 Å². The van der Waals surface area contributed by atoms with E-state index in [1.165, 1.54) is 7.11 Å². The molecule has 0 saturated heterocycles. The molecule has 0 fully saturated rings. The molecule has 2 N–H and O–H groups in total. The second-order valence-electron chi connectivity index (χ2n) is 8.49. The Hall–Kier alpha value is -4.72. The second kappa shape index (κ2) is 9.50. The quantitative estimate of drug-likeness (QED) is 0.311. The van der Waals surface area contributed by atoms with Crippen LogP contribution in [-0.2, 0) is 20.7 Å². The normalized spacial score (nSPS) is 14.4. The van der Waals surface area contributed by atoms with Crippen molar-refractivity contribution in [1.29, 1.82) is 0 Å². The molecule has 1 aliphatic rings. The first-order valence-corrected chi connectivity index (χ1v) is 11.4.